The van der Waals surface area contributed by atoms with Crippen LogP contribution >= 0.6 is 0 Å². The number of benzene rings is 1. The lowest BCUT2D eigenvalue weighted by Gasteiger charge is -2.13. The van der Waals surface area contributed by atoms with Crippen LogP contribution in [0.15, 0.2) is 30.6 Å². The third-order valence-corrected chi connectivity index (χ3v) is 3.52. The van der Waals surface area contributed by atoms with Crippen LogP contribution in [-0.4, -0.2) is 14.9 Å². The number of rotatable bonds is 3. The molecule has 18 heavy (non-hydrogen) atoms. The summed E-state index contributed by atoms with van der Waals surface area (Å²) < 4.78 is 1.82. The minimum absolute atomic E-state index is 0.363. The number of aryl methyl sites for hydroxylation is 2. The Morgan fingerprint density at radius 1 is 1.50 bits per heavy atom. The molecule has 1 aliphatic carbocycles. The zero-order valence-electron chi connectivity index (χ0n) is 10.4. The number of fused-ring (bicyclic) bond motifs is 1. The van der Waals surface area contributed by atoms with E-state index in [1.54, 1.807) is 6.07 Å². The van der Waals surface area contributed by atoms with Crippen LogP contribution in [0.1, 0.15) is 29.2 Å². The van der Waals surface area contributed by atoms with Crippen molar-refractivity contribution in [1.82, 2.24) is 15.1 Å². The van der Waals surface area contributed by atoms with E-state index in [-0.39, 0.29) is 0 Å². The van der Waals surface area contributed by atoms with Crippen molar-refractivity contribution in [3.8, 4) is 5.75 Å². The van der Waals surface area contributed by atoms with Gasteiger partial charge in [-0.25, -0.2) is 0 Å². The molecule has 1 aromatic carbocycles. The molecule has 1 unspecified atom stereocenters. The molecule has 2 N–H and O–H groups in total. The van der Waals surface area contributed by atoms with E-state index in [9.17, 15) is 5.11 Å². The number of aromatic hydroxyl groups is 1. The summed E-state index contributed by atoms with van der Waals surface area (Å²) in [5.74, 6) is 0.363. The van der Waals surface area contributed by atoms with Gasteiger partial charge in [0.15, 0.2) is 0 Å². The van der Waals surface area contributed by atoms with Crippen LogP contribution in [0.25, 0.3) is 0 Å². The highest BCUT2D eigenvalue weighted by Crippen LogP contribution is 2.33. The second-order valence-electron chi connectivity index (χ2n) is 4.88. The van der Waals surface area contributed by atoms with Gasteiger partial charge in [0.25, 0.3) is 0 Å². The molecular formula is C14H17N3O. The largest absolute Gasteiger partial charge is 0.508 e. The summed E-state index contributed by atoms with van der Waals surface area (Å²) >= 11 is 0. The summed E-state index contributed by atoms with van der Waals surface area (Å²) in [6.07, 6.45) is 6.05. The number of hydrogen-bond donors (Lipinski definition) is 2. The van der Waals surface area contributed by atoms with Crippen molar-refractivity contribution in [1.29, 1.82) is 0 Å². The lowest BCUT2D eigenvalue weighted by atomic mass is 10.1. The second-order valence-corrected chi connectivity index (χ2v) is 4.88. The number of aromatic nitrogens is 2. The molecule has 1 heterocycles. The highest BCUT2D eigenvalue weighted by atomic mass is 16.3. The van der Waals surface area contributed by atoms with Crippen molar-refractivity contribution < 1.29 is 5.11 Å². The van der Waals surface area contributed by atoms with Crippen molar-refractivity contribution in [3.63, 3.8) is 0 Å². The van der Waals surface area contributed by atoms with Crippen molar-refractivity contribution in [2.24, 2.45) is 7.05 Å². The topological polar surface area (TPSA) is 50.1 Å². The van der Waals surface area contributed by atoms with Crippen molar-refractivity contribution in [2.75, 3.05) is 0 Å². The smallest absolute Gasteiger partial charge is 0.115 e. The van der Waals surface area contributed by atoms with Crippen LogP contribution < -0.4 is 5.32 Å². The van der Waals surface area contributed by atoms with Gasteiger partial charge in [0.1, 0.15) is 5.75 Å². The highest BCUT2D eigenvalue weighted by molar-refractivity contribution is 5.40. The fourth-order valence-corrected chi connectivity index (χ4v) is 2.62. The normalized spacial score (nSPS) is 17.9. The van der Waals surface area contributed by atoms with E-state index < -0.39 is 0 Å². The molecule has 0 fully saturated rings. The monoisotopic (exact) mass is 243 g/mol. The Bertz CT molecular complexity index is 562. The summed E-state index contributed by atoms with van der Waals surface area (Å²) in [6.45, 7) is 0.832. The molecule has 94 valence electrons. The zero-order valence-corrected chi connectivity index (χ0v) is 10.4. The fraction of sp³-hybridized carbons (Fsp3) is 0.357. The van der Waals surface area contributed by atoms with E-state index in [4.69, 9.17) is 0 Å². The van der Waals surface area contributed by atoms with Crippen LogP contribution in [0.5, 0.6) is 5.75 Å². The Hall–Kier alpha value is -1.81. The molecule has 4 nitrogen and oxygen atoms in total. The van der Waals surface area contributed by atoms with Crippen LogP contribution in [-0.2, 0) is 20.0 Å². The van der Waals surface area contributed by atoms with Gasteiger partial charge in [0.05, 0.1) is 6.20 Å². The first-order valence-electron chi connectivity index (χ1n) is 6.25. The minimum Gasteiger partial charge on any atom is -0.508 e. The van der Waals surface area contributed by atoms with E-state index in [0.717, 1.165) is 19.4 Å². The maximum Gasteiger partial charge on any atom is 0.115 e. The van der Waals surface area contributed by atoms with E-state index in [0.29, 0.717) is 11.8 Å². The minimum atomic E-state index is 0.363. The quantitative estimate of drug-likeness (QED) is 0.865. The van der Waals surface area contributed by atoms with Crippen molar-refractivity contribution >= 4 is 0 Å². The summed E-state index contributed by atoms with van der Waals surface area (Å²) in [6, 6.07) is 6.06. The van der Waals surface area contributed by atoms with Gasteiger partial charge in [-0.15, -0.1) is 0 Å². The average Bonchev–Trinajstić information content (AvgIpc) is 2.92. The molecule has 0 spiro atoms. The predicted octanol–water partition coefficient (Wildman–Crippen LogP) is 1.90. The van der Waals surface area contributed by atoms with Gasteiger partial charge < -0.3 is 10.4 Å². The van der Waals surface area contributed by atoms with Gasteiger partial charge in [-0.3, -0.25) is 4.68 Å². The summed E-state index contributed by atoms with van der Waals surface area (Å²) in [7, 11) is 1.93. The van der Waals surface area contributed by atoms with Gasteiger partial charge in [0.2, 0.25) is 0 Å². The molecule has 1 aromatic heterocycles. The van der Waals surface area contributed by atoms with Crippen LogP contribution in [0.2, 0.25) is 0 Å². The molecule has 1 atom stereocenters. The molecule has 0 bridgehead atoms. The highest BCUT2D eigenvalue weighted by Gasteiger charge is 2.22. The molecule has 4 heteroatoms. The first kappa shape index (κ1) is 11.3. The standard InChI is InChI=1S/C14H17N3O/c1-17-9-10(8-16-17)7-15-14-5-2-11-6-12(18)3-4-13(11)14/h3-4,6,8-9,14-15,18H,2,5,7H2,1H3. The Morgan fingerprint density at radius 3 is 3.17 bits per heavy atom. The fourth-order valence-electron chi connectivity index (χ4n) is 2.62. The average molecular weight is 243 g/mol. The van der Waals surface area contributed by atoms with Gasteiger partial charge >= 0.3 is 0 Å². The van der Waals surface area contributed by atoms with Crippen LogP contribution in [0, 0.1) is 0 Å². The summed E-state index contributed by atoms with van der Waals surface area (Å²) in [4.78, 5) is 0. The molecule has 1 aliphatic rings. The number of nitrogens with zero attached hydrogens (tertiary/aromatic N) is 2. The van der Waals surface area contributed by atoms with E-state index in [1.165, 1.54) is 16.7 Å². The van der Waals surface area contributed by atoms with Gasteiger partial charge in [0, 0.05) is 31.4 Å². The second kappa shape index (κ2) is 4.46. The molecule has 0 saturated carbocycles. The summed E-state index contributed by atoms with van der Waals surface area (Å²) in [5, 5.41) is 17.2. The molecule has 0 amide bonds. The van der Waals surface area contributed by atoms with Crippen molar-refractivity contribution in [3.05, 3.63) is 47.3 Å². The first-order valence-corrected chi connectivity index (χ1v) is 6.25. The van der Waals surface area contributed by atoms with Crippen LogP contribution in [0.3, 0.4) is 0 Å². The Morgan fingerprint density at radius 2 is 2.39 bits per heavy atom. The van der Waals surface area contributed by atoms with Gasteiger partial charge in [-0.2, -0.15) is 5.10 Å². The zero-order chi connectivity index (χ0) is 12.5. The number of phenols is 1. The SMILES string of the molecule is Cn1cc(CNC2CCc3cc(O)ccc32)cn1. The van der Waals surface area contributed by atoms with Gasteiger partial charge in [-0.1, -0.05) is 6.07 Å². The summed E-state index contributed by atoms with van der Waals surface area (Å²) in [5.41, 5.74) is 3.78. The van der Waals surface area contributed by atoms with E-state index in [1.807, 2.05) is 36.3 Å². The van der Waals surface area contributed by atoms with Crippen LogP contribution in [0.4, 0.5) is 0 Å². The molecule has 0 radical (unpaired) electrons. The number of nitrogens with one attached hydrogen (secondary N) is 1. The molecule has 0 saturated heterocycles. The Labute approximate surface area is 106 Å². The lowest BCUT2D eigenvalue weighted by molar-refractivity contribution is 0.474. The first-order chi connectivity index (χ1) is 8.72. The molecule has 0 aliphatic heterocycles. The lowest BCUT2D eigenvalue weighted by Crippen LogP contribution is -2.18. The molecule has 3 rings (SSSR count). The maximum absolute atomic E-state index is 9.46. The third-order valence-electron chi connectivity index (χ3n) is 3.52. The van der Waals surface area contributed by atoms with E-state index in [2.05, 4.69) is 10.4 Å². The predicted molar refractivity (Wildman–Crippen MR) is 69.2 cm³/mol. The number of hydrogen-bond acceptors (Lipinski definition) is 3. The molecular weight excluding hydrogens is 226 g/mol. The Balaban J connectivity index is 1.69. The number of phenolic OH excluding ortho intramolecular Hbond substituents is 1. The third kappa shape index (κ3) is 2.11. The van der Waals surface area contributed by atoms with Crippen molar-refractivity contribution in [2.45, 2.75) is 25.4 Å². The Kier molecular flexibility index (Phi) is 2.80. The maximum atomic E-state index is 9.46. The van der Waals surface area contributed by atoms with Gasteiger partial charge in [-0.05, 0) is 36.1 Å². The molecule has 2 aromatic rings. The van der Waals surface area contributed by atoms with E-state index >= 15 is 0 Å².